The van der Waals surface area contributed by atoms with Gasteiger partial charge in [0.1, 0.15) is 5.69 Å². The van der Waals surface area contributed by atoms with Crippen molar-refractivity contribution in [3.63, 3.8) is 0 Å². The van der Waals surface area contributed by atoms with Crippen molar-refractivity contribution in [2.45, 2.75) is 44.1 Å². The van der Waals surface area contributed by atoms with Gasteiger partial charge in [-0.3, -0.25) is 14.5 Å². The van der Waals surface area contributed by atoms with Crippen molar-refractivity contribution in [1.82, 2.24) is 29.9 Å². The van der Waals surface area contributed by atoms with Crippen LogP contribution in [-0.2, 0) is 37.0 Å². The van der Waals surface area contributed by atoms with Crippen LogP contribution < -0.4 is 5.32 Å². The standard InChI is InChI=1S/C20H18F6N6O/c1-31-12(8-17(30-31)20(24,25)26)9-18(33)28-14-3-2-4-15-13(14)10-32(29-15)11-5-6-27-16(7-11)19(21,22)23/h5-8,10,14H,2-4,9H2,1H3,(H,28,33)/t14-/m0/s1. The fraction of sp³-hybridized carbons (Fsp3) is 0.400. The van der Waals surface area contributed by atoms with Gasteiger partial charge in [-0.05, 0) is 37.5 Å². The van der Waals surface area contributed by atoms with Crippen LogP contribution in [0.3, 0.4) is 0 Å². The molecule has 0 unspecified atom stereocenters. The number of rotatable bonds is 4. The van der Waals surface area contributed by atoms with Crippen LogP contribution in [0.25, 0.3) is 5.69 Å². The Morgan fingerprint density at radius 2 is 1.85 bits per heavy atom. The van der Waals surface area contributed by atoms with E-state index in [-0.39, 0.29) is 17.8 Å². The number of fused-ring (bicyclic) bond motifs is 1. The second-order valence-electron chi connectivity index (χ2n) is 7.70. The lowest BCUT2D eigenvalue weighted by Gasteiger charge is -2.22. The lowest BCUT2D eigenvalue weighted by molar-refractivity contribution is -0.142. The molecular formula is C20H18F6N6O. The third-order valence-electron chi connectivity index (χ3n) is 5.35. The average Bonchev–Trinajstić information content (AvgIpc) is 3.32. The van der Waals surface area contributed by atoms with E-state index < -0.39 is 35.7 Å². The summed E-state index contributed by atoms with van der Waals surface area (Å²) < 4.78 is 79.8. The number of carbonyl (C=O) groups is 1. The molecule has 4 rings (SSSR count). The summed E-state index contributed by atoms with van der Waals surface area (Å²) in [5, 5.41) is 10.5. The molecule has 0 aromatic carbocycles. The number of halogens is 6. The lowest BCUT2D eigenvalue weighted by atomic mass is 9.93. The van der Waals surface area contributed by atoms with E-state index in [0.717, 1.165) is 23.0 Å². The molecule has 0 fully saturated rings. The number of aryl methyl sites for hydroxylation is 2. The van der Waals surface area contributed by atoms with Crippen LogP contribution in [0.2, 0.25) is 0 Å². The van der Waals surface area contributed by atoms with Gasteiger partial charge in [0.15, 0.2) is 5.69 Å². The second-order valence-corrected chi connectivity index (χ2v) is 7.70. The van der Waals surface area contributed by atoms with Gasteiger partial charge in [-0.25, -0.2) is 4.68 Å². The van der Waals surface area contributed by atoms with Crippen LogP contribution in [0.15, 0.2) is 30.6 Å². The number of aromatic nitrogens is 5. The zero-order valence-electron chi connectivity index (χ0n) is 17.2. The summed E-state index contributed by atoms with van der Waals surface area (Å²) in [5.41, 5.74) is -0.565. The van der Waals surface area contributed by atoms with Crippen LogP contribution in [-0.4, -0.2) is 30.5 Å². The molecule has 33 heavy (non-hydrogen) atoms. The number of nitrogens with one attached hydrogen (secondary N) is 1. The predicted molar refractivity (Wildman–Crippen MR) is 102 cm³/mol. The Morgan fingerprint density at radius 1 is 1.12 bits per heavy atom. The van der Waals surface area contributed by atoms with Crippen molar-refractivity contribution in [2.24, 2.45) is 7.05 Å². The Balaban J connectivity index is 1.52. The number of amides is 1. The van der Waals surface area contributed by atoms with E-state index in [1.54, 1.807) is 6.20 Å². The molecule has 0 spiro atoms. The van der Waals surface area contributed by atoms with Crippen LogP contribution in [0.4, 0.5) is 26.3 Å². The van der Waals surface area contributed by atoms with Gasteiger partial charge in [-0.2, -0.15) is 36.5 Å². The molecule has 0 saturated carbocycles. The second kappa shape index (κ2) is 8.19. The Bertz CT molecular complexity index is 1180. The molecule has 0 bridgehead atoms. The minimum absolute atomic E-state index is 0.100. The van der Waals surface area contributed by atoms with Crippen LogP contribution in [0.5, 0.6) is 0 Å². The van der Waals surface area contributed by atoms with E-state index in [4.69, 9.17) is 0 Å². The van der Waals surface area contributed by atoms with Gasteiger partial charge >= 0.3 is 12.4 Å². The van der Waals surface area contributed by atoms with Gasteiger partial charge in [0.2, 0.25) is 5.91 Å². The summed E-state index contributed by atoms with van der Waals surface area (Å²) in [6, 6.07) is 2.63. The van der Waals surface area contributed by atoms with Crippen molar-refractivity contribution < 1.29 is 31.1 Å². The number of pyridine rings is 1. The highest BCUT2D eigenvalue weighted by Crippen LogP contribution is 2.32. The Kier molecular flexibility index (Phi) is 5.66. The molecule has 1 aliphatic carbocycles. The lowest BCUT2D eigenvalue weighted by Crippen LogP contribution is -2.32. The van der Waals surface area contributed by atoms with Crippen LogP contribution >= 0.6 is 0 Å². The maximum absolute atomic E-state index is 13.0. The van der Waals surface area contributed by atoms with Crippen molar-refractivity contribution in [3.05, 3.63) is 58.9 Å². The highest BCUT2D eigenvalue weighted by atomic mass is 19.4. The molecule has 3 heterocycles. The minimum Gasteiger partial charge on any atom is -0.349 e. The number of carbonyl (C=O) groups excluding carboxylic acids is 1. The van der Waals surface area contributed by atoms with E-state index in [2.05, 4.69) is 20.5 Å². The maximum Gasteiger partial charge on any atom is 0.435 e. The first-order valence-electron chi connectivity index (χ1n) is 9.93. The molecular weight excluding hydrogens is 454 g/mol. The van der Waals surface area contributed by atoms with Crippen molar-refractivity contribution in [2.75, 3.05) is 0 Å². The minimum atomic E-state index is -4.61. The number of hydrogen-bond donors (Lipinski definition) is 1. The molecule has 0 radical (unpaired) electrons. The molecule has 1 aliphatic rings. The number of alkyl halides is 6. The fourth-order valence-corrected chi connectivity index (χ4v) is 3.76. The van der Waals surface area contributed by atoms with Crippen LogP contribution in [0.1, 0.15) is 47.2 Å². The van der Waals surface area contributed by atoms with E-state index >= 15 is 0 Å². The highest BCUT2D eigenvalue weighted by Gasteiger charge is 2.35. The highest BCUT2D eigenvalue weighted by molar-refractivity contribution is 5.78. The van der Waals surface area contributed by atoms with Gasteiger partial charge in [0.05, 0.1) is 23.8 Å². The summed E-state index contributed by atoms with van der Waals surface area (Å²) in [6.45, 7) is 0. The quantitative estimate of drug-likeness (QED) is 0.587. The van der Waals surface area contributed by atoms with Gasteiger partial charge in [-0.1, -0.05) is 0 Å². The van der Waals surface area contributed by atoms with Crippen LogP contribution in [0, 0.1) is 0 Å². The van der Waals surface area contributed by atoms with Crippen molar-refractivity contribution >= 4 is 5.91 Å². The monoisotopic (exact) mass is 472 g/mol. The molecule has 0 aliphatic heterocycles. The third-order valence-corrected chi connectivity index (χ3v) is 5.35. The molecule has 1 amide bonds. The fourth-order valence-electron chi connectivity index (χ4n) is 3.76. The van der Waals surface area contributed by atoms with E-state index in [0.29, 0.717) is 30.5 Å². The topological polar surface area (TPSA) is 77.6 Å². The largest absolute Gasteiger partial charge is 0.435 e. The zero-order chi connectivity index (χ0) is 24.0. The first kappa shape index (κ1) is 22.8. The van der Waals surface area contributed by atoms with E-state index in [9.17, 15) is 31.1 Å². The SMILES string of the molecule is Cn1nc(C(F)(F)F)cc1CC(=O)N[C@H]1CCCc2nn(-c3ccnc(C(F)(F)F)c3)cc21. The van der Waals surface area contributed by atoms with Gasteiger partial charge in [0, 0.05) is 30.7 Å². The summed E-state index contributed by atoms with van der Waals surface area (Å²) in [5.74, 6) is -0.499. The first-order valence-corrected chi connectivity index (χ1v) is 9.93. The summed E-state index contributed by atoms with van der Waals surface area (Å²) in [4.78, 5) is 15.9. The van der Waals surface area contributed by atoms with Crippen molar-refractivity contribution in [1.29, 1.82) is 0 Å². The van der Waals surface area contributed by atoms with Gasteiger partial charge in [0.25, 0.3) is 0 Å². The smallest absolute Gasteiger partial charge is 0.349 e. The predicted octanol–water partition coefficient (Wildman–Crippen LogP) is 3.77. The van der Waals surface area contributed by atoms with E-state index in [1.165, 1.54) is 17.8 Å². The van der Waals surface area contributed by atoms with E-state index in [1.807, 2.05) is 0 Å². The number of hydrogen-bond acceptors (Lipinski definition) is 4. The molecule has 1 N–H and O–H groups in total. The molecule has 3 aromatic rings. The average molecular weight is 472 g/mol. The Morgan fingerprint density at radius 3 is 2.52 bits per heavy atom. The maximum atomic E-state index is 13.0. The zero-order valence-corrected chi connectivity index (χ0v) is 17.2. The Labute approximate surface area is 183 Å². The van der Waals surface area contributed by atoms with Gasteiger partial charge in [-0.15, -0.1) is 0 Å². The molecule has 7 nitrogen and oxygen atoms in total. The van der Waals surface area contributed by atoms with Gasteiger partial charge < -0.3 is 5.32 Å². The molecule has 1 atom stereocenters. The molecule has 3 aromatic heterocycles. The molecule has 176 valence electrons. The normalized spacial score (nSPS) is 16.5. The summed E-state index contributed by atoms with van der Waals surface area (Å²) in [7, 11) is 1.32. The molecule has 13 heteroatoms. The summed E-state index contributed by atoms with van der Waals surface area (Å²) in [6.07, 6.45) is -5.09. The molecule has 0 saturated heterocycles. The Hall–Kier alpha value is -3.38. The number of nitrogens with zero attached hydrogens (tertiary/aromatic N) is 5. The van der Waals surface area contributed by atoms with Crippen molar-refractivity contribution in [3.8, 4) is 5.69 Å². The third kappa shape index (κ3) is 4.86. The first-order chi connectivity index (χ1) is 15.4. The summed E-state index contributed by atoms with van der Waals surface area (Å²) >= 11 is 0.